The number of H-pyrrole nitrogens is 1. The van der Waals surface area contributed by atoms with Crippen molar-refractivity contribution < 1.29 is 13.2 Å². The molecule has 102 valence electrons. The normalized spacial score (nSPS) is 12.0. The second kappa shape index (κ2) is 4.40. The molecule has 0 spiro atoms. The molecule has 0 aliphatic carbocycles. The zero-order valence-electron chi connectivity index (χ0n) is 10.8. The Labute approximate surface area is 114 Å². The molecule has 0 amide bonds. The van der Waals surface area contributed by atoms with Gasteiger partial charge in [0.2, 0.25) is 0 Å². The lowest BCUT2D eigenvalue weighted by molar-refractivity contribution is -0.137. The van der Waals surface area contributed by atoms with Crippen molar-refractivity contribution in [3.63, 3.8) is 0 Å². The van der Waals surface area contributed by atoms with Crippen LogP contribution in [0.15, 0.2) is 48.5 Å². The quantitative estimate of drug-likeness (QED) is 0.631. The average Bonchev–Trinajstić information content (AvgIpc) is 2.80. The number of rotatable bonds is 1. The predicted molar refractivity (Wildman–Crippen MR) is 73.5 cm³/mol. The number of alkyl halides is 3. The van der Waals surface area contributed by atoms with Gasteiger partial charge in [-0.25, -0.2) is 0 Å². The molecule has 4 heteroatoms. The summed E-state index contributed by atoms with van der Waals surface area (Å²) in [5.74, 6) is 0. The van der Waals surface area contributed by atoms with E-state index in [2.05, 4.69) is 4.98 Å². The fourth-order valence-corrected chi connectivity index (χ4v) is 2.27. The molecule has 1 nitrogen and oxygen atoms in total. The van der Waals surface area contributed by atoms with Gasteiger partial charge in [0.15, 0.2) is 0 Å². The van der Waals surface area contributed by atoms with Gasteiger partial charge in [-0.1, -0.05) is 29.8 Å². The van der Waals surface area contributed by atoms with Crippen molar-refractivity contribution in [2.45, 2.75) is 13.1 Å². The Morgan fingerprint density at radius 1 is 0.950 bits per heavy atom. The molecule has 2 aromatic carbocycles. The molecule has 1 N–H and O–H groups in total. The summed E-state index contributed by atoms with van der Waals surface area (Å²) in [6.07, 6.45) is -4.32. The monoisotopic (exact) mass is 275 g/mol. The topological polar surface area (TPSA) is 15.8 Å². The van der Waals surface area contributed by atoms with E-state index in [1.165, 1.54) is 6.07 Å². The fraction of sp³-hybridized carbons (Fsp3) is 0.125. The maximum absolute atomic E-state index is 12.7. The highest BCUT2D eigenvalue weighted by Gasteiger charge is 2.30. The minimum absolute atomic E-state index is 0.497. The summed E-state index contributed by atoms with van der Waals surface area (Å²) in [5.41, 5.74) is 2.76. The number of halogens is 3. The molecule has 0 atom stereocenters. The van der Waals surface area contributed by atoms with Crippen LogP contribution in [0.25, 0.3) is 22.2 Å². The van der Waals surface area contributed by atoms with Gasteiger partial charge >= 0.3 is 6.18 Å². The highest BCUT2D eigenvalue weighted by atomic mass is 19.4. The Balaban J connectivity index is 2.11. The number of fused-ring (bicyclic) bond motifs is 1. The summed E-state index contributed by atoms with van der Waals surface area (Å²) in [5, 5.41) is 0.773. The van der Waals surface area contributed by atoms with Crippen LogP contribution >= 0.6 is 0 Å². The summed E-state index contributed by atoms with van der Waals surface area (Å²) in [6, 6.07) is 13.5. The van der Waals surface area contributed by atoms with Crippen molar-refractivity contribution in [3.8, 4) is 11.3 Å². The minimum Gasteiger partial charge on any atom is -0.355 e. The molecule has 1 heterocycles. The molecule has 0 fully saturated rings. The van der Waals surface area contributed by atoms with E-state index < -0.39 is 11.7 Å². The third-order valence-electron chi connectivity index (χ3n) is 3.28. The number of hydrogen-bond donors (Lipinski definition) is 1. The number of nitrogens with one attached hydrogen (secondary N) is 1. The van der Waals surface area contributed by atoms with Crippen LogP contribution in [0.1, 0.15) is 11.1 Å². The Bertz CT molecular complexity index is 769. The second-order valence-electron chi connectivity index (χ2n) is 4.85. The van der Waals surface area contributed by atoms with Crippen molar-refractivity contribution in [1.29, 1.82) is 0 Å². The molecule has 20 heavy (non-hydrogen) atoms. The molecule has 0 bridgehead atoms. The van der Waals surface area contributed by atoms with Crippen LogP contribution in [0, 0.1) is 6.92 Å². The van der Waals surface area contributed by atoms with Crippen LogP contribution in [-0.4, -0.2) is 4.98 Å². The maximum atomic E-state index is 12.7. The third kappa shape index (κ3) is 2.29. The van der Waals surface area contributed by atoms with Crippen molar-refractivity contribution in [2.24, 2.45) is 0 Å². The molecule has 1 aromatic heterocycles. The second-order valence-corrected chi connectivity index (χ2v) is 4.85. The standard InChI is InChI=1S/C16H12F3N/c1-10-3-2-4-11(7-10)14-8-12-5-6-13(16(17,18)19)9-15(12)20-14/h2-9,20H,1H3. The Morgan fingerprint density at radius 3 is 2.45 bits per heavy atom. The van der Waals surface area contributed by atoms with Crippen LogP contribution in [-0.2, 0) is 6.18 Å². The van der Waals surface area contributed by atoms with Crippen molar-refractivity contribution in [3.05, 3.63) is 59.7 Å². The molecule has 0 aliphatic heterocycles. The van der Waals surface area contributed by atoms with Crippen molar-refractivity contribution in [2.75, 3.05) is 0 Å². The summed E-state index contributed by atoms with van der Waals surface area (Å²) in [7, 11) is 0. The molecular weight excluding hydrogens is 263 g/mol. The van der Waals surface area contributed by atoms with Crippen molar-refractivity contribution >= 4 is 10.9 Å². The van der Waals surface area contributed by atoms with Crippen LogP contribution in [0.5, 0.6) is 0 Å². The van der Waals surface area contributed by atoms with Gasteiger partial charge in [-0.2, -0.15) is 13.2 Å². The maximum Gasteiger partial charge on any atom is 0.416 e. The molecule has 0 saturated heterocycles. The number of aromatic amines is 1. The van der Waals surface area contributed by atoms with E-state index in [1.807, 2.05) is 37.3 Å². The van der Waals surface area contributed by atoms with E-state index in [1.54, 1.807) is 0 Å². The fourth-order valence-electron chi connectivity index (χ4n) is 2.27. The number of aryl methyl sites for hydroxylation is 1. The summed E-state index contributed by atoms with van der Waals surface area (Å²) in [6.45, 7) is 1.98. The zero-order valence-corrected chi connectivity index (χ0v) is 10.8. The van der Waals surface area contributed by atoms with Crippen LogP contribution < -0.4 is 0 Å². The van der Waals surface area contributed by atoms with Crippen LogP contribution in [0.4, 0.5) is 13.2 Å². The molecular formula is C16H12F3N. The Hall–Kier alpha value is -2.23. The largest absolute Gasteiger partial charge is 0.416 e. The summed E-state index contributed by atoms with van der Waals surface area (Å²) in [4.78, 5) is 3.05. The van der Waals surface area contributed by atoms with Gasteiger partial charge in [-0.05, 0) is 36.8 Å². The van der Waals surface area contributed by atoms with E-state index >= 15 is 0 Å². The van der Waals surface area contributed by atoms with Gasteiger partial charge in [0.1, 0.15) is 0 Å². The molecule has 0 unspecified atom stereocenters. The van der Waals surface area contributed by atoms with E-state index in [-0.39, 0.29) is 0 Å². The van der Waals surface area contributed by atoms with Crippen molar-refractivity contribution in [1.82, 2.24) is 4.98 Å². The first kappa shape index (κ1) is 12.8. The Morgan fingerprint density at radius 2 is 1.75 bits per heavy atom. The molecule has 0 saturated carbocycles. The Kier molecular flexibility index (Phi) is 2.82. The van der Waals surface area contributed by atoms with Gasteiger partial charge in [0.25, 0.3) is 0 Å². The third-order valence-corrected chi connectivity index (χ3v) is 3.28. The highest BCUT2D eigenvalue weighted by molar-refractivity contribution is 5.86. The summed E-state index contributed by atoms with van der Waals surface area (Å²) >= 11 is 0. The highest BCUT2D eigenvalue weighted by Crippen LogP contribution is 2.32. The first-order chi connectivity index (χ1) is 9.43. The minimum atomic E-state index is -4.32. The van der Waals surface area contributed by atoms with Crippen LogP contribution in [0.2, 0.25) is 0 Å². The van der Waals surface area contributed by atoms with Gasteiger partial charge in [0, 0.05) is 16.6 Å². The lowest BCUT2D eigenvalue weighted by atomic mass is 10.1. The van der Waals surface area contributed by atoms with E-state index in [4.69, 9.17) is 0 Å². The molecule has 3 rings (SSSR count). The first-order valence-corrected chi connectivity index (χ1v) is 6.20. The van der Waals surface area contributed by atoms with E-state index in [0.717, 1.165) is 34.3 Å². The molecule has 0 aliphatic rings. The number of benzene rings is 2. The zero-order chi connectivity index (χ0) is 14.3. The predicted octanol–water partition coefficient (Wildman–Crippen LogP) is 5.16. The van der Waals surface area contributed by atoms with Gasteiger partial charge < -0.3 is 4.98 Å². The van der Waals surface area contributed by atoms with Gasteiger partial charge in [-0.15, -0.1) is 0 Å². The van der Waals surface area contributed by atoms with Gasteiger partial charge in [-0.3, -0.25) is 0 Å². The smallest absolute Gasteiger partial charge is 0.355 e. The lowest BCUT2D eigenvalue weighted by Gasteiger charge is -2.05. The summed E-state index contributed by atoms with van der Waals surface area (Å²) < 4.78 is 38.1. The SMILES string of the molecule is Cc1cccc(-c2cc3ccc(C(F)(F)F)cc3[nH]2)c1. The number of aromatic nitrogens is 1. The van der Waals surface area contributed by atoms with E-state index in [9.17, 15) is 13.2 Å². The molecule has 3 aromatic rings. The number of hydrogen-bond acceptors (Lipinski definition) is 0. The van der Waals surface area contributed by atoms with Crippen LogP contribution in [0.3, 0.4) is 0 Å². The van der Waals surface area contributed by atoms with E-state index in [0.29, 0.717) is 5.52 Å². The average molecular weight is 275 g/mol. The lowest BCUT2D eigenvalue weighted by Crippen LogP contribution is -2.03. The molecule has 0 radical (unpaired) electrons. The first-order valence-electron chi connectivity index (χ1n) is 6.20. The van der Waals surface area contributed by atoms with Gasteiger partial charge in [0.05, 0.1) is 5.56 Å².